The predicted octanol–water partition coefficient (Wildman–Crippen LogP) is 4.23. The summed E-state index contributed by atoms with van der Waals surface area (Å²) in [6.45, 7) is 0.354. The topological polar surface area (TPSA) is 105 Å². The van der Waals surface area contributed by atoms with Crippen molar-refractivity contribution in [3.63, 3.8) is 0 Å². The van der Waals surface area contributed by atoms with Gasteiger partial charge in [0.05, 0.1) is 22.0 Å². The second kappa shape index (κ2) is 8.42. The maximum atomic E-state index is 11.9. The highest BCUT2D eigenvalue weighted by Crippen LogP contribution is 2.26. The Morgan fingerprint density at radius 2 is 1.84 bits per heavy atom. The Balaban J connectivity index is 1.51. The van der Waals surface area contributed by atoms with E-state index in [2.05, 4.69) is 21.4 Å². The molecule has 31 heavy (non-hydrogen) atoms. The standard InChI is InChI=1S/C23H18N4O3S/c1-31(28,29)20-9-10-22-21(12-20)23(26-15-25-22)27-18-5-7-19(8-6-18)30-14-17-4-2-3-16(11-17)13-24/h2-12,15H,14H2,1H3,(H,25,26,27). The highest BCUT2D eigenvalue weighted by Gasteiger charge is 2.11. The molecule has 0 bridgehead atoms. The molecule has 0 fully saturated rings. The molecule has 154 valence electrons. The van der Waals surface area contributed by atoms with Gasteiger partial charge in [-0.1, -0.05) is 12.1 Å². The first-order valence-electron chi connectivity index (χ1n) is 9.36. The van der Waals surface area contributed by atoms with Crippen LogP contribution in [0.15, 0.2) is 78.0 Å². The van der Waals surface area contributed by atoms with Crippen LogP contribution in [0.5, 0.6) is 5.75 Å². The third kappa shape index (κ3) is 4.79. The first-order chi connectivity index (χ1) is 14.9. The number of ether oxygens (including phenoxy) is 1. The van der Waals surface area contributed by atoms with Crippen LogP contribution >= 0.6 is 0 Å². The number of aromatic nitrogens is 2. The summed E-state index contributed by atoms with van der Waals surface area (Å²) < 4.78 is 29.6. The summed E-state index contributed by atoms with van der Waals surface area (Å²) in [5, 5.41) is 12.8. The minimum absolute atomic E-state index is 0.210. The fourth-order valence-corrected chi connectivity index (χ4v) is 3.68. The second-order valence-corrected chi connectivity index (χ2v) is 8.94. The molecule has 0 aliphatic carbocycles. The normalized spacial score (nSPS) is 11.1. The van der Waals surface area contributed by atoms with E-state index in [-0.39, 0.29) is 4.90 Å². The van der Waals surface area contributed by atoms with Crippen molar-refractivity contribution in [2.24, 2.45) is 0 Å². The lowest BCUT2D eigenvalue weighted by Crippen LogP contribution is -2.00. The lowest BCUT2D eigenvalue weighted by Gasteiger charge is -2.11. The van der Waals surface area contributed by atoms with E-state index >= 15 is 0 Å². The molecule has 1 N–H and O–H groups in total. The van der Waals surface area contributed by atoms with Crippen molar-refractivity contribution < 1.29 is 13.2 Å². The fourth-order valence-electron chi connectivity index (χ4n) is 3.03. The quantitative estimate of drug-likeness (QED) is 0.488. The van der Waals surface area contributed by atoms with Gasteiger partial charge in [-0.05, 0) is 60.2 Å². The summed E-state index contributed by atoms with van der Waals surface area (Å²) in [6, 6.07) is 21.5. The molecule has 4 aromatic rings. The Hall–Kier alpha value is -3.96. The number of benzene rings is 3. The van der Waals surface area contributed by atoms with Crippen molar-refractivity contribution in [1.29, 1.82) is 5.26 Å². The first-order valence-corrected chi connectivity index (χ1v) is 11.3. The van der Waals surface area contributed by atoms with Crippen molar-refractivity contribution in [2.45, 2.75) is 11.5 Å². The Morgan fingerprint density at radius 3 is 2.58 bits per heavy atom. The molecule has 4 rings (SSSR count). The van der Waals surface area contributed by atoms with Crippen molar-refractivity contribution in [3.8, 4) is 11.8 Å². The number of fused-ring (bicyclic) bond motifs is 1. The van der Waals surface area contributed by atoms with Crippen LogP contribution in [0.25, 0.3) is 10.9 Å². The average Bonchev–Trinajstić information content (AvgIpc) is 2.78. The summed E-state index contributed by atoms with van der Waals surface area (Å²) >= 11 is 0. The maximum absolute atomic E-state index is 11.9. The van der Waals surface area contributed by atoms with Crippen molar-refractivity contribution in [3.05, 3.63) is 84.2 Å². The zero-order valence-corrected chi connectivity index (χ0v) is 17.4. The molecular formula is C23H18N4O3S. The molecule has 0 radical (unpaired) electrons. The van der Waals surface area contributed by atoms with Crippen LogP contribution in [0.3, 0.4) is 0 Å². The lowest BCUT2D eigenvalue weighted by atomic mass is 10.1. The third-order valence-corrected chi connectivity index (χ3v) is 5.72. The highest BCUT2D eigenvalue weighted by molar-refractivity contribution is 7.90. The summed E-state index contributed by atoms with van der Waals surface area (Å²) in [5.74, 6) is 1.19. The number of hydrogen-bond acceptors (Lipinski definition) is 7. The molecule has 8 heteroatoms. The molecule has 1 aromatic heterocycles. The minimum Gasteiger partial charge on any atom is -0.489 e. The second-order valence-electron chi connectivity index (χ2n) is 6.92. The molecule has 0 aliphatic heterocycles. The zero-order valence-electron chi connectivity index (χ0n) is 16.6. The monoisotopic (exact) mass is 430 g/mol. The highest BCUT2D eigenvalue weighted by atomic mass is 32.2. The largest absolute Gasteiger partial charge is 0.489 e. The average molecular weight is 430 g/mol. The molecule has 0 saturated heterocycles. The zero-order chi connectivity index (χ0) is 21.8. The van der Waals surface area contributed by atoms with Crippen molar-refractivity contribution in [2.75, 3.05) is 11.6 Å². The number of rotatable bonds is 6. The molecular weight excluding hydrogens is 412 g/mol. The molecule has 0 saturated carbocycles. The van der Waals surface area contributed by atoms with Crippen LogP contribution in [-0.4, -0.2) is 24.6 Å². The van der Waals surface area contributed by atoms with Crippen LogP contribution in [0.2, 0.25) is 0 Å². The summed E-state index contributed by atoms with van der Waals surface area (Å²) in [5.41, 5.74) is 2.92. The molecule has 0 spiro atoms. The first kappa shape index (κ1) is 20.3. The Kier molecular flexibility index (Phi) is 5.52. The van der Waals surface area contributed by atoms with Gasteiger partial charge in [0, 0.05) is 17.3 Å². The molecule has 1 heterocycles. The Morgan fingerprint density at radius 1 is 1.03 bits per heavy atom. The van der Waals surface area contributed by atoms with Gasteiger partial charge in [-0.15, -0.1) is 0 Å². The predicted molar refractivity (Wildman–Crippen MR) is 118 cm³/mol. The van der Waals surface area contributed by atoms with Crippen LogP contribution in [0.1, 0.15) is 11.1 Å². The third-order valence-electron chi connectivity index (χ3n) is 4.61. The molecule has 0 aliphatic rings. The van der Waals surface area contributed by atoms with E-state index in [1.54, 1.807) is 24.3 Å². The van der Waals surface area contributed by atoms with Crippen LogP contribution < -0.4 is 10.1 Å². The SMILES string of the molecule is CS(=O)(=O)c1ccc2ncnc(Nc3ccc(OCc4cccc(C#N)c4)cc3)c2c1. The van der Waals surface area contributed by atoms with Crippen LogP contribution in [0, 0.1) is 11.3 Å². The number of hydrogen-bond donors (Lipinski definition) is 1. The summed E-state index contributed by atoms with van der Waals surface area (Å²) in [6.07, 6.45) is 2.60. The fraction of sp³-hybridized carbons (Fsp3) is 0.0870. The van der Waals surface area contributed by atoms with E-state index in [0.29, 0.717) is 34.6 Å². The summed E-state index contributed by atoms with van der Waals surface area (Å²) in [7, 11) is -3.34. The smallest absolute Gasteiger partial charge is 0.175 e. The Labute approximate surface area is 179 Å². The molecule has 0 atom stereocenters. The number of nitriles is 1. The van der Waals surface area contributed by atoms with Crippen LogP contribution in [-0.2, 0) is 16.4 Å². The summed E-state index contributed by atoms with van der Waals surface area (Å²) in [4.78, 5) is 8.68. The van der Waals surface area contributed by atoms with Gasteiger partial charge in [0.25, 0.3) is 0 Å². The van der Waals surface area contributed by atoms with Gasteiger partial charge in [0.15, 0.2) is 9.84 Å². The minimum atomic E-state index is -3.34. The number of nitrogens with zero attached hydrogens (tertiary/aromatic N) is 3. The molecule has 3 aromatic carbocycles. The van der Waals surface area contributed by atoms with Gasteiger partial charge in [-0.2, -0.15) is 5.26 Å². The van der Waals surface area contributed by atoms with E-state index in [1.165, 1.54) is 18.6 Å². The maximum Gasteiger partial charge on any atom is 0.175 e. The lowest BCUT2D eigenvalue weighted by molar-refractivity contribution is 0.306. The van der Waals surface area contributed by atoms with Crippen molar-refractivity contribution in [1.82, 2.24) is 9.97 Å². The van der Waals surface area contributed by atoms with Crippen LogP contribution in [0.4, 0.5) is 11.5 Å². The van der Waals surface area contributed by atoms with Gasteiger partial charge in [-0.25, -0.2) is 18.4 Å². The van der Waals surface area contributed by atoms with E-state index in [4.69, 9.17) is 10.00 Å². The van der Waals surface area contributed by atoms with E-state index in [0.717, 1.165) is 11.3 Å². The van der Waals surface area contributed by atoms with Crippen molar-refractivity contribution >= 4 is 32.2 Å². The van der Waals surface area contributed by atoms with Gasteiger partial charge >= 0.3 is 0 Å². The molecule has 0 unspecified atom stereocenters. The number of anilines is 2. The van der Waals surface area contributed by atoms with Gasteiger partial charge in [0.2, 0.25) is 0 Å². The molecule has 0 amide bonds. The van der Waals surface area contributed by atoms with Gasteiger partial charge in [-0.3, -0.25) is 0 Å². The number of nitrogens with one attached hydrogen (secondary N) is 1. The number of sulfone groups is 1. The molecule has 7 nitrogen and oxygen atoms in total. The van der Waals surface area contributed by atoms with Gasteiger partial charge in [0.1, 0.15) is 24.5 Å². The van der Waals surface area contributed by atoms with E-state index in [9.17, 15) is 8.42 Å². The van der Waals surface area contributed by atoms with E-state index < -0.39 is 9.84 Å². The van der Waals surface area contributed by atoms with E-state index in [1.807, 2.05) is 36.4 Å². The Bertz CT molecular complexity index is 1390. The van der Waals surface area contributed by atoms with Gasteiger partial charge < -0.3 is 10.1 Å².